The Morgan fingerprint density at radius 3 is 2.67 bits per heavy atom. The molecule has 0 heterocycles. The van der Waals surface area contributed by atoms with Gasteiger partial charge in [-0.15, -0.1) is 0 Å². The van der Waals surface area contributed by atoms with Crippen LogP contribution in [0.25, 0.3) is 0 Å². The van der Waals surface area contributed by atoms with Gasteiger partial charge >= 0.3 is 0 Å². The second-order valence-electron chi connectivity index (χ2n) is 8.57. The van der Waals surface area contributed by atoms with E-state index in [0.29, 0.717) is 11.3 Å². The van der Waals surface area contributed by atoms with Crippen LogP contribution in [0, 0.1) is 29.1 Å². The molecule has 21 heavy (non-hydrogen) atoms. The van der Waals surface area contributed by atoms with E-state index >= 15 is 0 Å². The Labute approximate surface area is 128 Å². The molecule has 0 aliphatic heterocycles. The van der Waals surface area contributed by atoms with Crippen LogP contribution >= 0.6 is 0 Å². The van der Waals surface area contributed by atoms with Gasteiger partial charge in [-0.3, -0.25) is 0 Å². The first kappa shape index (κ1) is 14.3. The van der Waals surface area contributed by atoms with Gasteiger partial charge in [0, 0.05) is 5.92 Å². The van der Waals surface area contributed by atoms with Crippen LogP contribution in [0.15, 0.2) is 11.1 Å². The fraction of sp³-hybridized carbons (Fsp3) is 0.895. The second kappa shape index (κ2) is 4.83. The van der Waals surface area contributed by atoms with Crippen molar-refractivity contribution in [2.75, 3.05) is 0 Å². The Morgan fingerprint density at radius 1 is 1.05 bits per heavy atom. The average molecular weight is 290 g/mol. The highest BCUT2D eigenvalue weighted by Gasteiger charge is 2.53. The Bertz CT molecular complexity index is 468. The maximum atomic E-state index is 10.3. The van der Waals surface area contributed by atoms with Gasteiger partial charge in [0.15, 0.2) is 0 Å². The van der Waals surface area contributed by atoms with Crippen LogP contribution in [0.2, 0.25) is 0 Å². The van der Waals surface area contributed by atoms with E-state index in [2.05, 4.69) is 13.8 Å². The first-order valence-electron chi connectivity index (χ1n) is 9.08. The van der Waals surface area contributed by atoms with Crippen molar-refractivity contribution < 1.29 is 10.2 Å². The molecule has 0 radical (unpaired) electrons. The topological polar surface area (TPSA) is 40.5 Å². The monoisotopic (exact) mass is 290 g/mol. The quantitative estimate of drug-likeness (QED) is 0.668. The van der Waals surface area contributed by atoms with Crippen LogP contribution in [0.1, 0.15) is 65.2 Å². The predicted octanol–water partition coefficient (Wildman–Crippen LogP) is 3.67. The highest BCUT2D eigenvalue weighted by atomic mass is 16.3. The van der Waals surface area contributed by atoms with E-state index in [1.54, 1.807) is 11.1 Å². The molecule has 2 saturated carbocycles. The van der Waals surface area contributed by atoms with Crippen LogP contribution in [0.4, 0.5) is 0 Å². The molecule has 0 saturated heterocycles. The summed E-state index contributed by atoms with van der Waals surface area (Å²) < 4.78 is 0. The molecule has 4 rings (SSSR count). The third-order valence-corrected chi connectivity index (χ3v) is 7.80. The van der Waals surface area contributed by atoms with Crippen molar-refractivity contribution in [1.82, 2.24) is 0 Å². The predicted molar refractivity (Wildman–Crippen MR) is 83.7 cm³/mol. The summed E-state index contributed by atoms with van der Waals surface area (Å²) in [5.74, 6) is 2.68. The number of aliphatic hydroxyl groups excluding tert-OH is 2. The number of rotatable bonds is 0. The third-order valence-electron chi connectivity index (χ3n) is 7.80. The third kappa shape index (κ3) is 1.98. The van der Waals surface area contributed by atoms with Gasteiger partial charge < -0.3 is 10.2 Å². The molecule has 2 fully saturated rings. The molecule has 0 spiro atoms. The fourth-order valence-corrected chi connectivity index (χ4v) is 6.47. The fourth-order valence-electron chi connectivity index (χ4n) is 6.47. The number of fused-ring (bicyclic) bond motifs is 4. The summed E-state index contributed by atoms with van der Waals surface area (Å²) in [5.41, 5.74) is 3.70. The molecule has 0 aromatic heterocycles. The molecule has 4 aliphatic rings. The van der Waals surface area contributed by atoms with Crippen LogP contribution < -0.4 is 0 Å². The van der Waals surface area contributed by atoms with Crippen molar-refractivity contribution in [2.45, 2.75) is 77.4 Å². The Morgan fingerprint density at radius 2 is 1.86 bits per heavy atom. The maximum Gasteiger partial charge on any atom is 0.0640 e. The molecule has 0 bridgehead atoms. The van der Waals surface area contributed by atoms with Crippen molar-refractivity contribution in [2.24, 2.45) is 29.1 Å². The van der Waals surface area contributed by atoms with Gasteiger partial charge in [0.1, 0.15) is 0 Å². The van der Waals surface area contributed by atoms with Crippen molar-refractivity contribution in [3.8, 4) is 0 Å². The first-order valence-corrected chi connectivity index (χ1v) is 9.08. The summed E-state index contributed by atoms with van der Waals surface area (Å²) in [6, 6.07) is 0. The van der Waals surface area contributed by atoms with Gasteiger partial charge in [0.2, 0.25) is 0 Å². The SMILES string of the molecule is C[C@@H]1C2=C(C[C@H]1O)[C@@H]1CC[C@H]3C[C@@H](O)CC[C@]3(C)[C@H]1CC2. The highest BCUT2D eigenvalue weighted by molar-refractivity contribution is 5.31. The molecular formula is C19H30O2. The lowest BCUT2D eigenvalue weighted by atomic mass is 9.49. The average Bonchev–Trinajstić information content (AvgIpc) is 2.75. The van der Waals surface area contributed by atoms with Crippen molar-refractivity contribution in [1.29, 1.82) is 0 Å². The summed E-state index contributed by atoms with van der Waals surface area (Å²) in [6.07, 6.45) is 9.15. The first-order chi connectivity index (χ1) is 10.0. The zero-order valence-electron chi connectivity index (χ0n) is 13.5. The number of aliphatic hydroxyl groups is 2. The van der Waals surface area contributed by atoms with E-state index in [4.69, 9.17) is 0 Å². The van der Waals surface area contributed by atoms with Crippen molar-refractivity contribution >= 4 is 0 Å². The largest absolute Gasteiger partial charge is 0.393 e. The molecule has 0 aromatic carbocycles. The molecule has 2 heteroatoms. The van der Waals surface area contributed by atoms with E-state index in [1.165, 1.54) is 32.1 Å². The smallest absolute Gasteiger partial charge is 0.0640 e. The molecular weight excluding hydrogens is 260 g/mol. The second-order valence-corrected chi connectivity index (χ2v) is 8.57. The van der Waals surface area contributed by atoms with Crippen molar-refractivity contribution in [3.63, 3.8) is 0 Å². The zero-order valence-corrected chi connectivity index (χ0v) is 13.5. The van der Waals surface area contributed by atoms with Gasteiger partial charge in [-0.2, -0.15) is 0 Å². The minimum absolute atomic E-state index is 0.0497. The van der Waals surface area contributed by atoms with E-state index in [1.807, 2.05) is 0 Å². The number of hydrogen-bond acceptors (Lipinski definition) is 2. The molecule has 2 N–H and O–H groups in total. The standard InChI is InChI=1S/C19H30O2/c1-11-14-5-6-17-15(16(14)10-18(11)21)4-3-12-9-13(20)7-8-19(12,17)2/h11-13,15,17-18,20-21H,3-10H2,1-2H3/t11-,12+,13+,15+,17+,18-,19+/m1/s1. The lowest BCUT2D eigenvalue weighted by Crippen LogP contribution is -2.49. The van der Waals surface area contributed by atoms with Crippen LogP contribution in [0.3, 0.4) is 0 Å². The minimum Gasteiger partial charge on any atom is -0.393 e. The molecule has 0 aromatic rings. The van der Waals surface area contributed by atoms with Crippen LogP contribution in [0.5, 0.6) is 0 Å². The molecule has 118 valence electrons. The van der Waals surface area contributed by atoms with E-state index < -0.39 is 0 Å². The summed E-state index contributed by atoms with van der Waals surface area (Å²) in [4.78, 5) is 0. The normalized spacial score (nSPS) is 53.1. The summed E-state index contributed by atoms with van der Waals surface area (Å²) in [7, 11) is 0. The molecule has 7 atom stereocenters. The lowest BCUT2D eigenvalue weighted by Gasteiger charge is -2.56. The molecule has 4 aliphatic carbocycles. The van der Waals surface area contributed by atoms with Crippen molar-refractivity contribution in [3.05, 3.63) is 11.1 Å². The van der Waals surface area contributed by atoms with Gasteiger partial charge in [-0.05, 0) is 74.5 Å². The maximum absolute atomic E-state index is 10.3. The highest BCUT2D eigenvalue weighted by Crippen LogP contribution is 2.62. The lowest BCUT2D eigenvalue weighted by molar-refractivity contribution is -0.0695. The Balaban J connectivity index is 1.64. The van der Waals surface area contributed by atoms with E-state index in [9.17, 15) is 10.2 Å². The van der Waals surface area contributed by atoms with E-state index in [0.717, 1.165) is 37.0 Å². The summed E-state index contributed by atoms with van der Waals surface area (Å²) >= 11 is 0. The molecule has 2 nitrogen and oxygen atoms in total. The van der Waals surface area contributed by atoms with Gasteiger partial charge in [0.25, 0.3) is 0 Å². The van der Waals surface area contributed by atoms with Gasteiger partial charge in [0.05, 0.1) is 12.2 Å². The van der Waals surface area contributed by atoms with E-state index in [-0.39, 0.29) is 12.2 Å². The Kier molecular flexibility index (Phi) is 3.28. The van der Waals surface area contributed by atoms with Crippen LogP contribution in [-0.4, -0.2) is 22.4 Å². The summed E-state index contributed by atoms with van der Waals surface area (Å²) in [5, 5.41) is 20.3. The Hall–Kier alpha value is -0.340. The van der Waals surface area contributed by atoms with Gasteiger partial charge in [-0.25, -0.2) is 0 Å². The molecule has 0 amide bonds. The zero-order chi connectivity index (χ0) is 14.8. The molecule has 0 unspecified atom stereocenters. The number of hydrogen-bond donors (Lipinski definition) is 2. The van der Waals surface area contributed by atoms with Gasteiger partial charge in [-0.1, -0.05) is 25.0 Å². The summed E-state index contributed by atoms with van der Waals surface area (Å²) in [6.45, 7) is 4.73. The minimum atomic E-state index is -0.118. The van der Waals surface area contributed by atoms with Crippen LogP contribution in [-0.2, 0) is 0 Å².